The van der Waals surface area contributed by atoms with Crippen LogP contribution in [0.1, 0.15) is 49.8 Å². The van der Waals surface area contributed by atoms with Gasteiger partial charge in [-0.05, 0) is 43.7 Å². The van der Waals surface area contributed by atoms with Crippen LogP contribution < -0.4 is 4.74 Å². The van der Waals surface area contributed by atoms with Gasteiger partial charge in [0, 0.05) is 58.6 Å². The van der Waals surface area contributed by atoms with E-state index in [2.05, 4.69) is 27.8 Å². The van der Waals surface area contributed by atoms with E-state index in [0.717, 1.165) is 44.8 Å². The third kappa shape index (κ3) is 5.88. The fourth-order valence-electron chi connectivity index (χ4n) is 5.47. The maximum atomic E-state index is 13.5. The molecule has 1 aromatic heterocycles. The van der Waals surface area contributed by atoms with E-state index < -0.39 is 18.0 Å². The molecule has 0 spiro atoms. The van der Waals surface area contributed by atoms with Crippen molar-refractivity contribution in [2.75, 3.05) is 33.2 Å². The highest BCUT2D eigenvalue weighted by Gasteiger charge is 2.49. The normalized spacial score (nSPS) is 27.1. The number of nitriles is 1. The van der Waals surface area contributed by atoms with E-state index >= 15 is 0 Å². The van der Waals surface area contributed by atoms with Crippen molar-refractivity contribution in [2.24, 2.45) is 5.10 Å². The Morgan fingerprint density at radius 3 is 2.57 bits per heavy atom. The molecule has 0 amide bonds. The Kier molecular flexibility index (Phi) is 7.54. The maximum Gasteiger partial charge on any atom is 0.433 e. The van der Waals surface area contributed by atoms with Crippen LogP contribution in [0.4, 0.5) is 13.2 Å². The van der Waals surface area contributed by atoms with Crippen LogP contribution >= 0.6 is 0 Å². The Bertz CT molecular complexity index is 938. The minimum atomic E-state index is -4.56. The fourth-order valence-corrected chi connectivity index (χ4v) is 5.47. The number of nitrogens with zero attached hydrogens (tertiary/aromatic N) is 6. The number of hydrogen-bond acceptors (Lipinski definition) is 8. The van der Waals surface area contributed by atoms with Crippen molar-refractivity contribution in [1.29, 1.82) is 5.26 Å². The molecule has 0 bridgehead atoms. The molecule has 11 heteroatoms. The molecule has 0 radical (unpaired) electrons. The van der Waals surface area contributed by atoms with Crippen molar-refractivity contribution in [3.05, 3.63) is 23.4 Å². The zero-order valence-electron chi connectivity index (χ0n) is 20.0. The first-order chi connectivity index (χ1) is 16.6. The molecule has 8 nitrogen and oxygen atoms in total. The molecule has 3 heterocycles. The van der Waals surface area contributed by atoms with Crippen LogP contribution in [-0.4, -0.2) is 88.6 Å². The Hall–Kier alpha value is -2.42. The highest BCUT2D eigenvalue weighted by atomic mass is 19.4. The van der Waals surface area contributed by atoms with Crippen molar-refractivity contribution in [1.82, 2.24) is 19.8 Å². The van der Waals surface area contributed by atoms with Crippen LogP contribution in [0.25, 0.3) is 0 Å². The summed E-state index contributed by atoms with van der Waals surface area (Å²) >= 11 is 0. The summed E-state index contributed by atoms with van der Waals surface area (Å²) in [5.74, 6) is 0.00805. The Balaban J connectivity index is 1.35. The lowest BCUT2D eigenvalue weighted by molar-refractivity contribution is -0.141. The van der Waals surface area contributed by atoms with E-state index in [4.69, 9.17) is 4.74 Å². The van der Waals surface area contributed by atoms with Gasteiger partial charge >= 0.3 is 6.18 Å². The number of β-amino-alcohol motifs (C(OH)–C–C–N with tert-alkyl or cyclic N) is 1. The first-order valence-electron chi connectivity index (χ1n) is 12.1. The van der Waals surface area contributed by atoms with Gasteiger partial charge in [0.25, 0.3) is 0 Å². The maximum absolute atomic E-state index is 13.5. The van der Waals surface area contributed by atoms with Gasteiger partial charge in [-0.25, -0.2) is 4.98 Å². The minimum Gasteiger partial charge on any atom is -0.474 e. The Morgan fingerprint density at radius 1 is 1.29 bits per heavy atom. The highest BCUT2D eigenvalue weighted by molar-refractivity contribution is 5.27. The lowest BCUT2D eigenvalue weighted by Crippen LogP contribution is -2.70. The van der Waals surface area contributed by atoms with E-state index in [9.17, 15) is 23.5 Å². The van der Waals surface area contributed by atoms with Gasteiger partial charge in [-0.2, -0.15) is 23.5 Å². The van der Waals surface area contributed by atoms with Gasteiger partial charge in [0.1, 0.15) is 11.8 Å². The van der Waals surface area contributed by atoms with Crippen molar-refractivity contribution >= 4 is 6.72 Å². The number of aromatic nitrogens is 1. The second kappa shape index (κ2) is 10.3. The van der Waals surface area contributed by atoms with Crippen molar-refractivity contribution < 1.29 is 23.0 Å². The Labute approximate surface area is 204 Å². The van der Waals surface area contributed by atoms with Gasteiger partial charge in [0.15, 0.2) is 0 Å². The average Bonchev–Trinajstić information content (AvgIpc) is 3.19. The quantitative estimate of drug-likeness (QED) is 0.439. The lowest BCUT2D eigenvalue weighted by atomic mass is 9.81. The fraction of sp³-hybridized carbons (Fsp3) is 0.708. The van der Waals surface area contributed by atoms with Crippen molar-refractivity contribution in [3.63, 3.8) is 0 Å². The lowest BCUT2D eigenvalue weighted by Gasteiger charge is -2.56. The summed E-state index contributed by atoms with van der Waals surface area (Å²) in [6, 6.07) is 5.27. The molecular formula is C24H33F3N6O2. The molecule has 3 fully saturated rings. The SMILES string of the molecule is C=NN(C)C1(CC#N)CN(C2CCC(Oc3cc(CN4CCC(O)C4)cc(C(F)(F)F)n3)CC2)C1. The van der Waals surface area contributed by atoms with Crippen LogP contribution in [0.3, 0.4) is 0 Å². The third-order valence-electron chi connectivity index (χ3n) is 7.55. The molecule has 1 saturated carbocycles. The summed E-state index contributed by atoms with van der Waals surface area (Å²) in [5, 5.41) is 24.7. The molecule has 2 aliphatic heterocycles. The monoisotopic (exact) mass is 494 g/mol. The van der Waals surface area contributed by atoms with Gasteiger partial charge in [-0.15, -0.1) is 0 Å². The number of ether oxygens (including phenoxy) is 1. The van der Waals surface area contributed by atoms with E-state index in [1.165, 1.54) is 0 Å². The number of aliphatic hydroxyl groups is 1. The summed E-state index contributed by atoms with van der Waals surface area (Å²) in [4.78, 5) is 8.05. The van der Waals surface area contributed by atoms with Crippen LogP contribution in [-0.2, 0) is 12.7 Å². The highest BCUT2D eigenvalue weighted by Crippen LogP contribution is 2.37. The molecule has 0 aromatic carbocycles. The number of hydrogen-bond donors (Lipinski definition) is 1. The van der Waals surface area contributed by atoms with E-state index in [1.807, 2.05) is 11.9 Å². The zero-order valence-corrected chi connectivity index (χ0v) is 20.0. The van der Waals surface area contributed by atoms with E-state index in [1.54, 1.807) is 11.1 Å². The number of aliphatic hydroxyl groups excluding tert-OH is 1. The van der Waals surface area contributed by atoms with Gasteiger partial charge in [-0.3, -0.25) is 14.8 Å². The van der Waals surface area contributed by atoms with Crippen molar-refractivity contribution in [2.45, 2.75) is 75.0 Å². The average molecular weight is 495 g/mol. The minimum absolute atomic E-state index is 0.00805. The molecule has 1 aromatic rings. The molecule has 2 saturated heterocycles. The molecular weight excluding hydrogens is 461 g/mol. The molecule has 192 valence electrons. The van der Waals surface area contributed by atoms with Crippen LogP contribution in [0.15, 0.2) is 17.2 Å². The summed E-state index contributed by atoms with van der Waals surface area (Å²) < 4.78 is 46.4. The summed E-state index contributed by atoms with van der Waals surface area (Å²) in [5.41, 5.74) is -0.764. The number of hydrazone groups is 1. The molecule has 4 rings (SSSR count). The standard InChI is InChI=1S/C24H33F3N6O2/c1-29-31(2)23(8-9-28)15-33(16-23)18-3-5-20(6-4-18)35-22-12-17(11-21(30-22)24(25,26)27)13-32-10-7-19(34)14-32/h11-12,18-20,34H,1,3-8,10,13-16H2,2H3. The number of alkyl halides is 3. The van der Waals surface area contributed by atoms with Crippen molar-refractivity contribution in [3.8, 4) is 11.9 Å². The number of pyridine rings is 1. The molecule has 1 unspecified atom stereocenters. The number of likely N-dealkylation sites (N-methyl/N-ethyl adjacent to an activating group) is 1. The largest absolute Gasteiger partial charge is 0.474 e. The number of likely N-dealkylation sites (tertiary alicyclic amines) is 2. The van der Waals surface area contributed by atoms with Crippen LogP contribution in [0.2, 0.25) is 0 Å². The van der Waals surface area contributed by atoms with Gasteiger partial charge in [0.05, 0.1) is 24.1 Å². The predicted octanol–water partition coefficient (Wildman–Crippen LogP) is 2.87. The zero-order chi connectivity index (χ0) is 25.2. The first kappa shape index (κ1) is 25.7. The second-order valence-electron chi connectivity index (χ2n) is 10.1. The summed E-state index contributed by atoms with van der Waals surface area (Å²) in [6.45, 7) is 6.49. The summed E-state index contributed by atoms with van der Waals surface area (Å²) in [6.07, 6.45) is -0.971. The molecule has 35 heavy (non-hydrogen) atoms. The number of rotatable bonds is 8. The molecule has 1 N–H and O–H groups in total. The smallest absolute Gasteiger partial charge is 0.433 e. The molecule has 1 aliphatic carbocycles. The predicted molar refractivity (Wildman–Crippen MR) is 124 cm³/mol. The van der Waals surface area contributed by atoms with Gasteiger partial charge < -0.3 is 9.84 Å². The van der Waals surface area contributed by atoms with Gasteiger partial charge in [0.2, 0.25) is 5.88 Å². The third-order valence-corrected chi connectivity index (χ3v) is 7.55. The van der Waals surface area contributed by atoms with Gasteiger partial charge in [-0.1, -0.05) is 0 Å². The van der Waals surface area contributed by atoms with E-state index in [0.29, 0.717) is 44.1 Å². The van der Waals surface area contributed by atoms with E-state index in [-0.39, 0.29) is 17.5 Å². The molecule has 3 aliphatic rings. The second-order valence-corrected chi connectivity index (χ2v) is 10.1. The first-order valence-corrected chi connectivity index (χ1v) is 12.1. The summed E-state index contributed by atoms with van der Waals surface area (Å²) in [7, 11) is 1.84. The number of halogens is 3. The topological polar surface area (TPSA) is 88.2 Å². The molecule has 1 atom stereocenters. The van der Waals surface area contributed by atoms with Crippen LogP contribution in [0, 0.1) is 11.3 Å². The van der Waals surface area contributed by atoms with Crippen LogP contribution in [0.5, 0.6) is 5.88 Å². The Morgan fingerprint density at radius 2 is 2.00 bits per heavy atom.